The minimum absolute atomic E-state index is 0.0645. The van der Waals surface area contributed by atoms with Gasteiger partial charge in [-0.3, -0.25) is 4.79 Å². The Kier molecular flexibility index (Phi) is 4.80. The predicted octanol–water partition coefficient (Wildman–Crippen LogP) is 3.22. The lowest BCUT2D eigenvalue weighted by Crippen LogP contribution is -2.39. The zero-order valence-electron chi connectivity index (χ0n) is 10.1. The summed E-state index contributed by atoms with van der Waals surface area (Å²) in [6.07, 6.45) is 0. The van der Waals surface area contributed by atoms with Gasteiger partial charge in [0.15, 0.2) is 0 Å². The number of amides is 1. The molecule has 3 nitrogen and oxygen atoms in total. The van der Waals surface area contributed by atoms with Crippen molar-refractivity contribution in [2.24, 2.45) is 11.7 Å². The van der Waals surface area contributed by atoms with Gasteiger partial charge in [0.25, 0.3) is 0 Å². The lowest BCUT2D eigenvalue weighted by Gasteiger charge is -2.16. The number of carbonyl (C=O) groups is 1. The number of nitrogens with one attached hydrogen (secondary N) is 1. The van der Waals surface area contributed by atoms with Gasteiger partial charge in [-0.05, 0) is 30.5 Å². The number of benzene rings is 1. The van der Waals surface area contributed by atoms with E-state index in [2.05, 4.69) is 5.32 Å². The molecule has 0 unspecified atom stereocenters. The van der Waals surface area contributed by atoms with Crippen LogP contribution in [0.25, 0.3) is 0 Å². The number of rotatable bonds is 3. The van der Waals surface area contributed by atoms with Crippen LogP contribution in [0, 0.1) is 12.8 Å². The van der Waals surface area contributed by atoms with Crippen LogP contribution in [0.5, 0.6) is 0 Å². The van der Waals surface area contributed by atoms with Crippen molar-refractivity contribution in [1.82, 2.24) is 0 Å². The fourth-order valence-electron chi connectivity index (χ4n) is 1.26. The number of carbonyl (C=O) groups excluding carboxylic acids is 1. The average Bonchev–Trinajstić information content (AvgIpc) is 2.24. The molecule has 3 N–H and O–H groups in total. The Labute approximate surface area is 111 Å². The molecule has 0 aromatic heterocycles. The summed E-state index contributed by atoms with van der Waals surface area (Å²) in [7, 11) is 0. The first kappa shape index (κ1) is 14.3. The Morgan fingerprint density at radius 3 is 2.41 bits per heavy atom. The van der Waals surface area contributed by atoms with Crippen molar-refractivity contribution in [3.05, 3.63) is 27.7 Å². The number of hydrogen-bond donors (Lipinski definition) is 2. The molecular weight excluding hydrogens is 259 g/mol. The summed E-state index contributed by atoms with van der Waals surface area (Å²) in [5.41, 5.74) is 7.09. The third-order valence-electron chi connectivity index (χ3n) is 2.53. The maximum Gasteiger partial charge on any atom is 0.241 e. The van der Waals surface area contributed by atoms with E-state index >= 15 is 0 Å². The van der Waals surface area contributed by atoms with Gasteiger partial charge in [-0.2, -0.15) is 0 Å². The van der Waals surface area contributed by atoms with Crippen molar-refractivity contribution in [3.63, 3.8) is 0 Å². The van der Waals surface area contributed by atoms with Gasteiger partial charge in [-0.15, -0.1) is 0 Å². The van der Waals surface area contributed by atoms with E-state index in [9.17, 15) is 4.79 Å². The molecule has 0 saturated heterocycles. The molecule has 5 heteroatoms. The van der Waals surface area contributed by atoms with Gasteiger partial charge in [-0.25, -0.2) is 0 Å². The molecular formula is C12H16Cl2N2O. The van der Waals surface area contributed by atoms with Gasteiger partial charge < -0.3 is 11.1 Å². The van der Waals surface area contributed by atoms with E-state index in [0.29, 0.717) is 15.7 Å². The molecule has 0 aliphatic rings. The normalized spacial score (nSPS) is 12.6. The maximum absolute atomic E-state index is 11.8. The average molecular weight is 275 g/mol. The zero-order valence-corrected chi connectivity index (χ0v) is 11.6. The summed E-state index contributed by atoms with van der Waals surface area (Å²) in [4.78, 5) is 11.8. The quantitative estimate of drug-likeness (QED) is 0.889. The molecule has 1 amide bonds. The third kappa shape index (κ3) is 3.60. The highest BCUT2D eigenvalue weighted by molar-refractivity contribution is 6.36. The van der Waals surface area contributed by atoms with E-state index in [4.69, 9.17) is 28.9 Å². The number of hydrogen-bond acceptors (Lipinski definition) is 2. The van der Waals surface area contributed by atoms with Crippen LogP contribution in [0.1, 0.15) is 19.4 Å². The largest absolute Gasteiger partial charge is 0.323 e. The number of halogens is 2. The molecule has 0 saturated carbocycles. The van der Waals surface area contributed by atoms with Gasteiger partial charge in [0, 0.05) is 5.02 Å². The Bertz CT molecular complexity index is 433. The number of aryl methyl sites for hydroxylation is 1. The standard InChI is InChI=1S/C12H16Cl2N2O/c1-6(2)11(15)12(17)16-10-5-8(13)7(3)4-9(10)14/h4-6,11H,15H2,1-3H3,(H,16,17)/t11-/m1/s1. The lowest BCUT2D eigenvalue weighted by molar-refractivity contribution is -0.118. The second-order valence-corrected chi connectivity index (χ2v) is 5.15. The van der Waals surface area contributed by atoms with E-state index in [0.717, 1.165) is 5.56 Å². The first-order chi connectivity index (χ1) is 7.82. The van der Waals surface area contributed by atoms with Crippen LogP contribution in [-0.4, -0.2) is 11.9 Å². The minimum atomic E-state index is -0.564. The van der Waals surface area contributed by atoms with E-state index in [1.165, 1.54) is 0 Å². The Balaban J connectivity index is 2.89. The van der Waals surface area contributed by atoms with E-state index < -0.39 is 6.04 Å². The minimum Gasteiger partial charge on any atom is -0.323 e. The second-order valence-electron chi connectivity index (χ2n) is 4.34. The molecule has 0 spiro atoms. The lowest BCUT2D eigenvalue weighted by atomic mass is 10.0. The molecule has 0 fully saturated rings. The van der Waals surface area contributed by atoms with Crippen molar-refractivity contribution in [3.8, 4) is 0 Å². The monoisotopic (exact) mass is 274 g/mol. The van der Waals surface area contributed by atoms with Gasteiger partial charge in [-0.1, -0.05) is 37.0 Å². The molecule has 0 aliphatic heterocycles. The molecule has 1 rings (SSSR count). The van der Waals surface area contributed by atoms with Crippen LogP contribution in [0.4, 0.5) is 5.69 Å². The van der Waals surface area contributed by atoms with Crippen LogP contribution in [0.15, 0.2) is 12.1 Å². The summed E-state index contributed by atoms with van der Waals surface area (Å²) in [5.74, 6) is -0.198. The summed E-state index contributed by atoms with van der Waals surface area (Å²) >= 11 is 12.0. The van der Waals surface area contributed by atoms with Crippen molar-refractivity contribution in [2.75, 3.05) is 5.32 Å². The molecule has 0 heterocycles. The molecule has 1 aromatic carbocycles. The highest BCUT2D eigenvalue weighted by atomic mass is 35.5. The molecule has 1 atom stereocenters. The number of anilines is 1. The highest BCUT2D eigenvalue weighted by Gasteiger charge is 2.18. The second kappa shape index (κ2) is 5.71. The van der Waals surface area contributed by atoms with Crippen LogP contribution >= 0.6 is 23.2 Å². The van der Waals surface area contributed by atoms with Crippen molar-refractivity contribution in [1.29, 1.82) is 0 Å². The smallest absolute Gasteiger partial charge is 0.241 e. The predicted molar refractivity (Wildman–Crippen MR) is 72.6 cm³/mol. The van der Waals surface area contributed by atoms with Crippen LogP contribution in [-0.2, 0) is 4.79 Å². The summed E-state index contributed by atoms with van der Waals surface area (Å²) in [6, 6.07) is 2.77. The fraction of sp³-hybridized carbons (Fsp3) is 0.417. The van der Waals surface area contributed by atoms with Crippen molar-refractivity contribution in [2.45, 2.75) is 26.8 Å². The Morgan fingerprint density at radius 1 is 1.29 bits per heavy atom. The van der Waals surface area contributed by atoms with E-state index in [-0.39, 0.29) is 11.8 Å². The molecule has 0 aliphatic carbocycles. The molecule has 0 bridgehead atoms. The molecule has 94 valence electrons. The fourth-order valence-corrected chi connectivity index (χ4v) is 1.69. The van der Waals surface area contributed by atoms with Crippen LogP contribution in [0.2, 0.25) is 10.0 Å². The zero-order chi connectivity index (χ0) is 13.2. The van der Waals surface area contributed by atoms with Gasteiger partial charge in [0.05, 0.1) is 16.8 Å². The summed E-state index contributed by atoms with van der Waals surface area (Å²) < 4.78 is 0. The topological polar surface area (TPSA) is 55.1 Å². The SMILES string of the molecule is Cc1cc(Cl)c(NC(=O)[C@H](N)C(C)C)cc1Cl. The van der Waals surface area contributed by atoms with Crippen molar-refractivity contribution >= 4 is 34.8 Å². The van der Waals surface area contributed by atoms with E-state index in [1.807, 2.05) is 20.8 Å². The first-order valence-corrected chi connectivity index (χ1v) is 6.10. The Hall–Kier alpha value is -0.770. The van der Waals surface area contributed by atoms with Crippen LogP contribution in [0.3, 0.4) is 0 Å². The summed E-state index contributed by atoms with van der Waals surface area (Å²) in [5, 5.41) is 3.69. The first-order valence-electron chi connectivity index (χ1n) is 5.35. The van der Waals surface area contributed by atoms with Gasteiger partial charge in [0.1, 0.15) is 0 Å². The maximum atomic E-state index is 11.8. The highest BCUT2D eigenvalue weighted by Crippen LogP contribution is 2.28. The van der Waals surface area contributed by atoms with Crippen LogP contribution < -0.4 is 11.1 Å². The molecule has 1 aromatic rings. The van der Waals surface area contributed by atoms with Gasteiger partial charge in [0.2, 0.25) is 5.91 Å². The Morgan fingerprint density at radius 2 is 1.88 bits per heavy atom. The third-order valence-corrected chi connectivity index (χ3v) is 3.25. The van der Waals surface area contributed by atoms with Crippen molar-refractivity contribution < 1.29 is 4.79 Å². The number of nitrogens with two attached hydrogens (primary N) is 1. The summed E-state index contributed by atoms with van der Waals surface area (Å²) in [6.45, 7) is 5.61. The molecule has 17 heavy (non-hydrogen) atoms. The van der Waals surface area contributed by atoms with Gasteiger partial charge >= 0.3 is 0 Å². The van der Waals surface area contributed by atoms with E-state index in [1.54, 1.807) is 12.1 Å². The molecule has 0 radical (unpaired) electrons.